The van der Waals surface area contributed by atoms with Gasteiger partial charge in [0.1, 0.15) is 22.8 Å². The lowest BCUT2D eigenvalue weighted by atomic mass is 10.0. The Balaban J connectivity index is 1.72. The molecule has 2 amide bonds. The second-order valence-corrected chi connectivity index (χ2v) is 8.93. The van der Waals surface area contributed by atoms with Gasteiger partial charge in [0, 0.05) is 31.3 Å². The maximum absolute atomic E-state index is 13.3. The number of non-ortho nitro benzene ring substituents is 1. The molecule has 0 aromatic heterocycles. The molecule has 1 heterocycles. The van der Waals surface area contributed by atoms with Crippen LogP contribution in [0.15, 0.2) is 42.5 Å². The Labute approximate surface area is 197 Å². The molecule has 1 fully saturated rings. The van der Waals surface area contributed by atoms with E-state index >= 15 is 0 Å². The van der Waals surface area contributed by atoms with E-state index in [9.17, 15) is 19.7 Å². The highest BCUT2D eigenvalue weighted by atomic mass is 16.6. The van der Waals surface area contributed by atoms with Gasteiger partial charge in [0.2, 0.25) is 0 Å². The van der Waals surface area contributed by atoms with Crippen molar-refractivity contribution in [2.75, 3.05) is 20.2 Å². The van der Waals surface area contributed by atoms with Crippen LogP contribution in [0.5, 0.6) is 17.2 Å². The molecular formula is C24H29N3O7. The Morgan fingerprint density at radius 3 is 2.24 bits per heavy atom. The smallest absolute Gasteiger partial charge is 0.407 e. The summed E-state index contributed by atoms with van der Waals surface area (Å²) in [4.78, 5) is 37.7. The third-order valence-electron chi connectivity index (χ3n) is 5.19. The quantitative estimate of drug-likeness (QED) is 0.485. The standard InChI is InChI=1S/C24H29N3O7/c1-24(2,3)34-23(29)25-16-11-13-26(14-12-16)22(28)20-15-17(27(30)31)5-10-21(20)33-19-8-6-18(32-4)7-9-19/h5-10,15-16H,11-14H2,1-4H3,(H,25,29). The summed E-state index contributed by atoms with van der Waals surface area (Å²) < 4.78 is 16.3. The Bertz CT molecular complexity index is 1040. The van der Waals surface area contributed by atoms with E-state index in [4.69, 9.17) is 14.2 Å². The van der Waals surface area contributed by atoms with Crippen LogP contribution in [0, 0.1) is 10.1 Å². The number of nitrogens with one attached hydrogen (secondary N) is 1. The molecule has 10 nitrogen and oxygen atoms in total. The fourth-order valence-corrected chi connectivity index (χ4v) is 3.53. The number of hydrogen-bond donors (Lipinski definition) is 1. The third kappa shape index (κ3) is 6.60. The molecule has 0 unspecified atom stereocenters. The van der Waals surface area contributed by atoms with E-state index in [1.54, 1.807) is 57.0 Å². The van der Waals surface area contributed by atoms with Crippen LogP contribution in [0.1, 0.15) is 44.0 Å². The predicted octanol–water partition coefficient (Wildman–Crippen LogP) is 4.53. The molecule has 2 aromatic carbocycles. The van der Waals surface area contributed by atoms with E-state index in [1.165, 1.54) is 18.2 Å². The summed E-state index contributed by atoms with van der Waals surface area (Å²) in [5.41, 5.74) is -0.696. The molecule has 0 spiro atoms. The summed E-state index contributed by atoms with van der Waals surface area (Å²) >= 11 is 0. The van der Waals surface area contributed by atoms with Crippen LogP contribution < -0.4 is 14.8 Å². The van der Waals surface area contributed by atoms with Gasteiger partial charge in [-0.05, 0) is 63.9 Å². The van der Waals surface area contributed by atoms with Crippen LogP contribution >= 0.6 is 0 Å². The number of nitrogens with zero attached hydrogens (tertiary/aromatic N) is 2. The van der Waals surface area contributed by atoms with Crippen molar-refractivity contribution >= 4 is 17.7 Å². The number of hydrogen-bond acceptors (Lipinski definition) is 7. The van der Waals surface area contributed by atoms with Crippen LogP contribution in [0.3, 0.4) is 0 Å². The van der Waals surface area contributed by atoms with Gasteiger partial charge in [0.25, 0.3) is 11.6 Å². The van der Waals surface area contributed by atoms with Crippen LogP contribution in [0.4, 0.5) is 10.5 Å². The first-order chi connectivity index (χ1) is 16.1. The SMILES string of the molecule is COc1ccc(Oc2ccc([N+](=O)[O-])cc2C(=O)N2CCC(NC(=O)OC(C)(C)C)CC2)cc1. The maximum atomic E-state index is 13.3. The van der Waals surface area contributed by atoms with Crippen molar-refractivity contribution in [3.63, 3.8) is 0 Å². The zero-order valence-corrected chi connectivity index (χ0v) is 19.7. The monoisotopic (exact) mass is 471 g/mol. The zero-order valence-electron chi connectivity index (χ0n) is 19.7. The fraction of sp³-hybridized carbons (Fsp3) is 0.417. The molecule has 1 aliphatic heterocycles. The van der Waals surface area contributed by atoms with Gasteiger partial charge < -0.3 is 24.4 Å². The molecule has 1 N–H and O–H groups in total. The highest BCUT2D eigenvalue weighted by Gasteiger charge is 2.29. The molecule has 10 heteroatoms. The van der Waals surface area contributed by atoms with Gasteiger partial charge >= 0.3 is 6.09 Å². The number of nitro groups is 1. The second kappa shape index (κ2) is 10.4. The fourth-order valence-electron chi connectivity index (χ4n) is 3.53. The number of methoxy groups -OCH3 is 1. The van der Waals surface area contributed by atoms with Gasteiger partial charge in [-0.25, -0.2) is 4.79 Å². The number of amides is 2. The molecule has 3 rings (SSSR count). The van der Waals surface area contributed by atoms with E-state index < -0.39 is 16.6 Å². The summed E-state index contributed by atoms with van der Waals surface area (Å²) in [7, 11) is 1.55. The van der Waals surface area contributed by atoms with Gasteiger partial charge in [-0.15, -0.1) is 0 Å². The first-order valence-electron chi connectivity index (χ1n) is 10.9. The van der Waals surface area contributed by atoms with Crippen LogP contribution in [0.25, 0.3) is 0 Å². The molecule has 1 aliphatic rings. The second-order valence-electron chi connectivity index (χ2n) is 8.93. The molecular weight excluding hydrogens is 442 g/mol. The third-order valence-corrected chi connectivity index (χ3v) is 5.19. The maximum Gasteiger partial charge on any atom is 0.407 e. The molecule has 1 saturated heterocycles. The van der Waals surface area contributed by atoms with Gasteiger partial charge in [-0.1, -0.05) is 0 Å². The van der Waals surface area contributed by atoms with Crippen LogP contribution in [-0.4, -0.2) is 53.7 Å². The lowest BCUT2D eigenvalue weighted by molar-refractivity contribution is -0.384. The van der Waals surface area contributed by atoms with Gasteiger partial charge in [0.15, 0.2) is 0 Å². The average Bonchev–Trinajstić information content (AvgIpc) is 2.78. The molecule has 0 radical (unpaired) electrons. The number of alkyl carbamates (subject to hydrolysis) is 1. The Morgan fingerprint density at radius 1 is 1.06 bits per heavy atom. The number of piperidine rings is 1. The number of nitro benzene ring substituents is 1. The number of benzene rings is 2. The van der Waals surface area contributed by atoms with Gasteiger partial charge in [-0.3, -0.25) is 14.9 Å². The van der Waals surface area contributed by atoms with Crippen molar-refractivity contribution in [3.8, 4) is 17.2 Å². The minimum atomic E-state index is -0.594. The molecule has 0 saturated carbocycles. The van der Waals surface area contributed by atoms with E-state index in [2.05, 4.69) is 5.32 Å². The Hall–Kier alpha value is -3.82. The van der Waals surface area contributed by atoms with Crippen molar-refractivity contribution < 1.29 is 28.7 Å². The number of rotatable bonds is 6. The minimum Gasteiger partial charge on any atom is -0.497 e. The highest BCUT2D eigenvalue weighted by molar-refractivity contribution is 5.97. The van der Waals surface area contributed by atoms with Crippen molar-refractivity contribution in [2.45, 2.75) is 45.3 Å². The first kappa shape index (κ1) is 24.8. The largest absolute Gasteiger partial charge is 0.497 e. The van der Waals surface area contributed by atoms with Gasteiger partial charge in [0.05, 0.1) is 17.6 Å². The zero-order chi connectivity index (χ0) is 24.9. The van der Waals surface area contributed by atoms with Crippen molar-refractivity contribution in [3.05, 3.63) is 58.1 Å². The summed E-state index contributed by atoms with van der Waals surface area (Å²) in [6, 6.07) is 10.6. The summed E-state index contributed by atoms with van der Waals surface area (Å²) in [5.74, 6) is 0.955. The Kier molecular flexibility index (Phi) is 7.60. The molecule has 182 valence electrons. The van der Waals surface area contributed by atoms with Crippen LogP contribution in [0.2, 0.25) is 0 Å². The first-order valence-corrected chi connectivity index (χ1v) is 10.9. The number of carbonyl (C=O) groups excluding carboxylic acids is 2. The normalized spacial score (nSPS) is 14.3. The molecule has 34 heavy (non-hydrogen) atoms. The Morgan fingerprint density at radius 2 is 1.68 bits per heavy atom. The van der Waals surface area contributed by atoms with Crippen LogP contribution in [-0.2, 0) is 4.74 Å². The highest BCUT2D eigenvalue weighted by Crippen LogP contribution is 2.31. The lowest BCUT2D eigenvalue weighted by Gasteiger charge is -2.33. The van der Waals surface area contributed by atoms with Gasteiger partial charge in [-0.2, -0.15) is 0 Å². The van der Waals surface area contributed by atoms with Crippen molar-refractivity contribution in [2.24, 2.45) is 0 Å². The van der Waals surface area contributed by atoms with E-state index in [-0.39, 0.29) is 28.9 Å². The van der Waals surface area contributed by atoms with E-state index in [0.29, 0.717) is 37.4 Å². The number of likely N-dealkylation sites (tertiary alicyclic amines) is 1. The van der Waals surface area contributed by atoms with Crippen molar-refractivity contribution in [1.82, 2.24) is 10.2 Å². The summed E-state index contributed by atoms with van der Waals surface area (Å²) in [6.07, 6.45) is 0.578. The summed E-state index contributed by atoms with van der Waals surface area (Å²) in [6.45, 7) is 6.13. The average molecular weight is 472 g/mol. The number of carbonyl (C=O) groups is 2. The van der Waals surface area contributed by atoms with E-state index in [1.807, 2.05) is 0 Å². The molecule has 0 aliphatic carbocycles. The van der Waals surface area contributed by atoms with Crippen molar-refractivity contribution in [1.29, 1.82) is 0 Å². The van der Waals surface area contributed by atoms with E-state index in [0.717, 1.165) is 0 Å². The number of ether oxygens (including phenoxy) is 3. The molecule has 2 aromatic rings. The lowest BCUT2D eigenvalue weighted by Crippen LogP contribution is -2.47. The minimum absolute atomic E-state index is 0.101. The predicted molar refractivity (Wildman–Crippen MR) is 124 cm³/mol. The molecule has 0 bridgehead atoms. The topological polar surface area (TPSA) is 120 Å². The molecule has 0 atom stereocenters. The summed E-state index contributed by atoms with van der Waals surface area (Å²) in [5, 5.41) is 14.1.